The molecule has 1 amide bonds. The van der Waals surface area contributed by atoms with Gasteiger partial charge >= 0.3 is 5.97 Å². The topological polar surface area (TPSA) is 76.8 Å². The lowest BCUT2D eigenvalue weighted by atomic mass is 9.97. The van der Waals surface area contributed by atoms with E-state index in [4.69, 9.17) is 9.15 Å². The van der Waals surface area contributed by atoms with E-state index in [9.17, 15) is 14.4 Å². The Kier molecular flexibility index (Phi) is 4.86. The third-order valence-electron chi connectivity index (χ3n) is 5.99. The molecule has 0 saturated heterocycles. The summed E-state index contributed by atoms with van der Waals surface area (Å²) in [6, 6.07) is 18.9. The summed E-state index contributed by atoms with van der Waals surface area (Å²) < 4.78 is 10.8. The average Bonchev–Trinajstić information content (AvgIpc) is 3.12. The lowest BCUT2D eigenvalue weighted by molar-refractivity contribution is 0.0600. The summed E-state index contributed by atoms with van der Waals surface area (Å²) in [5, 5.41) is 0.434. The molecule has 0 N–H and O–H groups in total. The van der Waals surface area contributed by atoms with Crippen LogP contribution in [0.5, 0.6) is 0 Å². The number of amides is 1. The first-order chi connectivity index (χ1) is 15.9. The second kappa shape index (κ2) is 7.74. The van der Waals surface area contributed by atoms with Crippen molar-refractivity contribution in [3.05, 3.63) is 111 Å². The maximum Gasteiger partial charge on any atom is 0.337 e. The third kappa shape index (κ3) is 3.31. The lowest BCUT2D eigenvalue weighted by Crippen LogP contribution is -2.29. The molecule has 6 nitrogen and oxygen atoms in total. The summed E-state index contributed by atoms with van der Waals surface area (Å²) >= 11 is 0. The van der Waals surface area contributed by atoms with Gasteiger partial charge in [0.1, 0.15) is 5.58 Å². The second-order valence-corrected chi connectivity index (χ2v) is 8.20. The minimum absolute atomic E-state index is 0.0407. The molecule has 0 saturated carbocycles. The highest BCUT2D eigenvalue weighted by molar-refractivity contribution is 6.10. The first-order valence-electron chi connectivity index (χ1n) is 10.5. The van der Waals surface area contributed by atoms with Gasteiger partial charge in [-0.05, 0) is 55.8 Å². The zero-order valence-electron chi connectivity index (χ0n) is 18.4. The van der Waals surface area contributed by atoms with Gasteiger partial charge in [0.05, 0.1) is 29.7 Å². The van der Waals surface area contributed by atoms with E-state index in [2.05, 4.69) is 0 Å². The summed E-state index contributed by atoms with van der Waals surface area (Å²) in [5.41, 5.74) is 4.14. The summed E-state index contributed by atoms with van der Waals surface area (Å²) in [6.07, 6.45) is 0. The number of hydrogen-bond acceptors (Lipinski definition) is 5. The molecule has 0 aliphatic carbocycles. The van der Waals surface area contributed by atoms with Gasteiger partial charge in [0.2, 0.25) is 5.76 Å². The first-order valence-corrected chi connectivity index (χ1v) is 10.5. The molecule has 1 aliphatic heterocycles. The minimum Gasteiger partial charge on any atom is -0.465 e. The number of carbonyl (C=O) groups excluding carboxylic acids is 2. The molecule has 0 fully saturated rings. The van der Waals surface area contributed by atoms with Gasteiger partial charge in [0, 0.05) is 5.69 Å². The van der Waals surface area contributed by atoms with Gasteiger partial charge in [-0.3, -0.25) is 14.5 Å². The molecule has 1 aromatic heterocycles. The number of esters is 1. The molecular formula is C27H21NO5. The number of nitrogens with zero attached hydrogens (tertiary/aromatic N) is 1. The standard InChI is InChI=1S/C27H21NO5/c1-15-4-11-19(12-5-15)28-23(17-7-9-18(10-8-17)27(31)32-3)22-24(29)20-14-16(2)6-13-21(20)33-25(22)26(28)30/h4-14,23H,1-3H3. The normalized spacial score (nSPS) is 15.1. The minimum atomic E-state index is -0.692. The Morgan fingerprint density at radius 1 is 0.909 bits per heavy atom. The lowest BCUT2D eigenvalue weighted by Gasteiger charge is -2.25. The van der Waals surface area contributed by atoms with Crippen LogP contribution >= 0.6 is 0 Å². The molecule has 0 bridgehead atoms. The van der Waals surface area contributed by atoms with Gasteiger partial charge in [0.25, 0.3) is 5.91 Å². The summed E-state index contributed by atoms with van der Waals surface area (Å²) in [5.74, 6) is -0.796. The highest BCUT2D eigenvalue weighted by atomic mass is 16.5. The van der Waals surface area contributed by atoms with Crippen molar-refractivity contribution in [2.75, 3.05) is 12.0 Å². The van der Waals surface area contributed by atoms with Crippen molar-refractivity contribution in [1.29, 1.82) is 0 Å². The van der Waals surface area contributed by atoms with Crippen LogP contribution < -0.4 is 10.3 Å². The number of ether oxygens (including phenoxy) is 1. The van der Waals surface area contributed by atoms with E-state index in [1.165, 1.54) is 7.11 Å². The van der Waals surface area contributed by atoms with Crippen LogP contribution in [0.15, 0.2) is 75.9 Å². The molecule has 4 aromatic rings. The molecule has 0 spiro atoms. The van der Waals surface area contributed by atoms with Crippen molar-refractivity contribution in [1.82, 2.24) is 0 Å². The number of methoxy groups -OCH3 is 1. The predicted molar refractivity (Wildman–Crippen MR) is 125 cm³/mol. The van der Waals surface area contributed by atoms with Gasteiger partial charge in [-0.1, -0.05) is 41.5 Å². The number of fused-ring (bicyclic) bond motifs is 2. The van der Waals surface area contributed by atoms with E-state index >= 15 is 0 Å². The summed E-state index contributed by atoms with van der Waals surface area (Å²) in [7, 11) is 1.32. The molecule has 1 atom stereocenters. The van der Waals surface area contributed by atoms with Gasteiger partial charge in [-0.15, -0.1) is 0 Å². The molecule has 1 aliphatic rings. The molecule has 1 unspecified atom stereocenters. The molecule has 5 rings (SSSR count). The molecule has 6 heteroatoms. The van der Waals surface area contributed by atoms with E-state index in [-0.39, 0.29) is 17.1 Å². The van der Waals surface area contributed by atoms with E-state index in [1.54, 1.807) is 41.3 Å². The predicted octanol–water partition coefficient (Wildman–Crippen LogP) is 4.95. The summed E-state index contributed by atoms with van der Waals surface area (Å²) in [6.45, 7) is 3.87. The molecule has 33 heavy (non-hydrogen) atoms. The fourth-order valence-corrected chi connectivity index (χ4v) is 4.29. The van der Waals surface area contributed by atoms with E-state index < -0.39 is 12.0 Å². The van der Waals surface area contributed by atoms with Crippen LogP contribution in [-0.2, 0) is 4.74 Å². The van der Waals surface area contributed by atoms with Crippen molar-refractivity contribution in [3.8, 4) is 0 Å². The Morgan fingerprint density at radius 2 is 1.58 bits per heavy atom. The van der Waals surface area contributed by atoms with Crippen LogP contribution in [-0.4, -0.2) is 19.0 Å². The fourth-order valence-electron chi connectivity index (χ4n) is 4.29. The highest BCUT2D eigenvalue weighted by Crippen LogP contribution is 2.41. The maximum absolute atomic E-state index is 13.6. The zero-order chi connectivity index (χ0) is 23.3. The first kappa shape index (κ1) is 20.7. The molecule has 164 valence electrons. The van der Waals surface area contributed by atoms with E-state index in [1.807, 2.05) is 44.2 Å². The van der Waals surface area contributed by atoms with Crippen LogP contribution in [0.1, 0.15) is 49.2 Å². The highest BCUT2D eigenvalue weighted by Gasteiger charge is 2.43. The largest absolute Gasteiger partial charge is 0.465 e. The van der Waals surface area contributed by atoms with Crippen LogP contribution in [0.2, 0.25) is 0 Å². The van der Waals surface area contributed by atoms with Crippen LogP contribution in [0.3, 0.4) is 0 Å². The van der Waals surface area contributed by atoms with Crippen molar-refractivity contribution in [2.45, 2.75) is 19.9 Å². The van der Waals surface area contributed by atoms with Gasteiger partial charge in [0.15, 0.2) is 5.43 Å². The number of hydrogen-bond donors (Lipinski definition) is 0. The SMILES string of the molecule is COC(=O)c1ccc(C2c3c(oc4ccc(C)cc4c3=O)C(=O)N2c2ccc(C)cc2)cc1. The third-order valence-corrected chi connectivity index (χ3v) is 5.99. The zero-order valence-corrected chi connectivity index (χ0v) is 18.4. The van der Waals surface area contributed by atoms with Crippen molar-refractivity contribution in [2.24, 2.45) is 0 Å². The van der Waals surface area contributed by atoms with Crippen molar-refractivity contribution in [3.63, 3.8) is 0 Å². The molecule has 0 radical (unpaired) electrons. The number of carbonyl (C=O) groups is 2. The average molecular weight is 439 g/mol. The smallest absolute Gasteiger partial charge is 0.337 e. The quantitative estimate of drug-likeness (QED) is 0.422. The van der Waals surface area contributed by atoms with Crippen LogP contribution in [0, 0.1) is 13.8 Å². The van der Waals surface area contributed by atoms with Crippen LogP contribution in [0.4, 0.5) is 5.69 Å². The maximum atomic E-state index is 13.6. The molecule has 3 aromatic carbocycles. The number of benzene rings is 3. The molecule has 2 heterocycles. The Labute approximate surface area is 190 Å². The van der Waals surface area contributed by atoms with Gasteiger partial charge in [-0.2, -0.15) is 0 Å². The fraction of sp³-hybridized carbons (Fsp3) is 0.148. The Balaban J connectivity index is 1.76. The van der Waals surface area contributed by atoms with Crippen molar-refractivity contribution >= 4 is 28.5 Å². The molecular weight excluding hydrogens is 418 g/mol. The van der Waals surface area contributed by atoms with E-state index in [0.717, 1.165) is 11.1 Å². The van der Waals surface area contributed by atoms with Gasteiger partial charge in [-0.25, -0.2) is 4.79 Å². The Hall–Kier alpha value is -4.19. The number of aryl methyl sites for hydroxylation is 2. The monoisotopic (exact) mass is 439 g/mol. The van der Waals surface area contributed by atoms with Gasteiger partial charge < -0.3 is 9.15 Å². The number of anilines is 1. The second-order valence-electron chi connectivity index (χ2n) is 8.20. The summed E-state index contributed by atoms with van der Waals surface area (Å²) in [4.78, 5) is 40.7. The number of rotatable bonds is 3. The van der Waals surface area contributed by atoms with Crippen LogP contribution in [0.25, 0.3) is 11.0 Å². The Bertz CT molecular complexity index is 1470. The van der Waals surface area contributed by atoms with Crippen molar-refractivity contribution < 1.29 is 18.7 Å². The Morgan fingerprint density at radius 3 is 2.24 bits per heavy atom. The van der Waals surface area contributed by atoms with E-state index in [0.29, 0.717) is 33.3 Å².